The zero-order valence-corrected chi connectivity index (χ0v) is 13.4. The molecule has 0 spiro atoms. The second-order valence-electron chi connectivity index (χ2n) is 4.71. The first-order valence-corrected chi connectivity index (χ1v) is 8.08. The van der Waals surface area contributed by atoms with Gasteiger partial charge >= 0.3 is 0 Å². The zero-order chi connectivity index (χ0) is 14.8. The summed E-state index contributed by atoms with van der Waals surface area (Å²) in [5.74, 6) is 5.41. The van der Waals surface area contributed by atoms with E-state index in [-0.39, 0.29) is 11.9 Å². The summed E-state index contributed by atoms with van der Waals surface area (Å²) in [4.78, 5) is 4.42. The van der Waals surface area contributed by atoms with Crippen LogP contribution in [0.2, 0.25) is 0 Å². The van der Waals surface area contributed by atoms with Gasteiger partial charge in [0.2, 0.25) is 0 Å². The molecule has 21 heavy (non-hydrogen) atoms. The molecular weight excluding hydrogens is 353 g/mol. The summed E-state index contributed by atoms with van der Waals surface area (Å²) in [7, 11) is 0. The predicted octanol–water partition coefficient (Wildman–Crippen LogP) is 3.95. The van der Waals surface area contributed by atoms with E-state index in [0.717, 1.165) is 21.3 Å². The van der Waals surface area contributed by atoms with Crippen molar-refractivity contribution in [3.05, 3.63) is 63.3 Å². The van der Waals surface area contributed by atoms with E-state index in [1.807, 2.05) is 23.7 Å². The average Bonchev–Trinajstić information content (AvgIpc) is 2.96. The number of pyridine rings is 1. The second kappa shape index (κ2) is 6.19. The highest BCUT2D eigenvalue weighted by Gasteiger charge is 2.15. The molecule has 3 aromatic rings. The molecule has 0 aliphatic rings. The molecule has 2 heterocycles. The number of fused-ring (bicyclic) bond motifs is 1. The van der Waals surface area contributed by atoms with Gasteiger partial charge in [-0.25, -0.2) is 4.39 Å². The van der Waals surface area contributed by atoms with E-state index in [2.05, 4.69) is 32.4 Å². The van der Waals surface area contributed by atoms with Crippen LogP contribution in [0.5, 0.6) is 0 Å². The monoisotopic (exact) mass is 365 g/mol. The van der Waals surface area contributed by atoms with Crippen LogP contribution in [0, 0.1) is 5.82 Å². The minimum absolute atomic E-state index is 0.123. The van der Waals surface area contributed by atoms with Crippen molar-refractivity contribution in [2.75, 3.05) is 0 Å². The van der Waals surface area contributed by atoms with Crippen molar-refractivity contribution >= 4 is 37.5 Å². The van der Waals surface area contributed by atoms with Crippen molar-refractivity contribution in [3.8, 4) is 0 Å². The number of nitrogens with one attached hydrogen (secondary N) is 1. The molecule has 108 valence electrons. The van der Waals surface area contributed by atoms with Crippen LogP contribution in [-0.4, -0.2) is 4.98 Å². The first kappa shape index (κ1) is 14.6. The number of thiophene rings is 1. The fraction of sp³-hybridized carbons (Fsp3) is 0.133. The van der Waals surface area contributed by atoms with E-state index in [4.69, 9.17) is 5.84 Å². The van der Waals surface area contributed by atoms with Gasteiger partial charge in [0, 0.05) is 6.20 Å². The fourth-order valence-electron chi connectivity index (χ4n) is 2.25. The van der Waals surface area contributed by atoms with Gasteiger partial charge in [-0.15, -0.1) is 11.3 Å². The standard InChI is InChI=1S/C15H13BrFN3S/c16-15-9(2-1-3-11(15)17)6-13(20-18)10-7-14-12(19-8-10)4-5-21-14/h1-5,7-8,13,20H,6,18H2. The summed E-state index contributed by atoms with van der Waals surface area (Å²) in [5, 5.41) is 2.01. The molecule has 3 nitrogen and oxygen atoms in total. The van der Waals surface area contributed by atoms with Gasteiger partial charge in [0.05, 0.1) is 20.7 Å². The van der Waals surface area contributed by atoms with Gasteiger partial charge < -0.3 is 0 Å². The maximum Gasteiger partial charge on any atom is 0.137 e. The van der Waals surface area contributed by atoms with Crippen LogP contribution < -0.4 is 11.3 Å². The van der Waals surface area contributed by atoms with E-state index in [1.165, 1.54) is 6.07 Å². The predicted molar refractivity (Wildman–Crippen MR) is 87.5 cm³/mol. The maximum absolute atomic E-state index is 13.6. The summed E-state index contributed by atoms with van der Waals surface area (Å²) >= 11 is 4.93. The van der Waals surface area contributed by atoms with Crippen molar-refractivity contribution in [1.29, 1.82) is 0 Å². The zero-order valence-electron chi connectivity index (χ0n) is 11.0. The first-order chi connectivity index (χ1) is 10.2. The third-order valence-corrected chi connectivity index (χ3v) is 5.12. The minimum atomic E-state index is -0.268. The quantitative estimate of drug-likeness (QED) is 0.543. The highest BCUT2D eigenvalue weighted by atomic mass is 79.9. The Bertz CT molecular complexity index is 774. The molecular formula is C15H13BrFN3S. The van der Waals surface area contributed by atoms with E-state index in [0.29, 0.717) is 10.9 Å². The lowest BCUT2D eigenvalue weighted by atomic mass is 10.0. The summed E-state index contributed by atoms with van der Waals surface area (Å²) in [6.45, 7) is 0. The Morgan fingerprint density at radius 2 is 2.24 bits per heavy atom. The third kappa shape index (κ3) is 2.98. The Labute approximate surface area is 134 Å². The topological polar surface area (TPSA) is 50.9 Å². The van der Waals surface area contributed by atoms with Gasteiger partial charge in [-0.05, 0) is 57.1 Å². The van der Waals surface area contributed by atoms with Gasteiger partial charge in [0.25, 0.3) is 0 Å². The number of hydrogen-bond acceptors (Lipinski definition) is 4. The Kier molecular flexibility index (Phi) is 4.30. The molecule has 1 aromatic carbocycles. The van der Waals surface area contributed by atoms with Crippen LogP contribution in [0.25, 0.3) is 10.2 Å². The van der Waals surface area contributed by atoms with Crippen LogP contribution in [0.3, 0.4) is 0 Å². The number of benzene rings is 1. The van der Waals surface area contributed by atoms with E-state index < -0.39 is 0 Å². The lowest BCUT2D eigenvalue weighted by molar-refractivity contribution is 0.546. The van der Waals surface area contributed by atoms with Crippen molar-refractivity contribution < 1.29 is 4.39 Å². The molecule has 0 amide bonds. The Morgan fingerprint density at radius 3 is 3.05 bits per heavy atom. The molecule has 0 saturated carbocycles. The Morgan fingerprint density at radius 1 is 1.38 bits per heavy atom. The van der Waals surface area contributed by atoms with E-state index >= 15 is 0 Å². The molecule has 1 atom stereocenters. The lowest BCUT2D eigenvalue weighted by Gasteiger charge is -2.17. The average molecular weight is 366 g/mol. The number of aromatic nitrogens is 1. The molecule has 3 rings (SSSR count). The fourth-order valence-corrected chi connectivity index (χ4v) is 3.47. The molecule has 0 saturated heterocycles. The molecule has 3 N–H and O–H groups in total. The van der Waals surface area contributed by atoms with E-state index in [1.54, 1.807) is 17.4 Å². The van der Waals surface area contributed by atoms with Crippen LogP contribution in [0.15, 0.2) is 46.4 Å². The van der Waals surface area contributed by atoms with Crippen LogP contribution in [0.1, 0.15) is 17.2 Å². The Hall–Kier alpha value is -1.34. The molecule has 0 aliphatic heterocycles. The van der Waals surface area contributed by atoms with Crippen molar-refractivity contribution in [2.24, 2.45) is 5.84 Å². The minimum Gasteiger partial charge on any atom is -0.271 e. The number of hydrogen-bond donors (Lipinski definition) is 2. The van der Waals surface area contributed by atoms with Gasteiger partial charge in [-0.3, -0.25) is 16.3 Å². The number of halogens is 2. The normalized spacial score (nSPS) is 12.7. The molecule has 0 fully saturated rings. The van der Waals surface area contributed by atoms with Crippen LogP contribution >= 0.6 is 27.3 Å². The molecule has 6 heteroatoms. The SMILES string of the molecule is NNC(Cc1cccc(F)c1Br)c1cnc2ccsc2c1. The van der Waals surface area contributed by atoms with Crippen molar-refractivity contribution in [1.82, 2.24) is 10.4 Å². The van der Waals surface area contributed by atoms with Gasteiger partial charge in [0.15, 0.2) is 0 Å². The summed E-state index contributed by atoms with van der Waals surface area (Å²) in [5.41, 5.74) is 5.62. The first-order valence-electron chi connectivity index (χ1n) is 6.41. The van der Waals surface area contributed by atoms with Gasteiger partial charge in [-0.1, -0.05) is 12.1 Å². The number of hydrazine groups is 1. The molecule has 0 bridgehead atoms. The molecule has 2 aromatic heterocycles. The maximum atomic E-state index is 13.6. The number of nitrogens with zero attached hydrogens (tertiary/aromatic N) is 1. The molecule has 0 aliphatic carbocycles. The summed E-state index contributed by atoms with van der Waals surface area (Å²) in [6, 6.07) is 8.94. The molecule has 1 unspecified atom stereocenters. The summed E-state index contributed by atoms with van der Waals surface area (Å²) in [6.07, 6.45) is 2.39. The highest BCUT2D eigenvalue weighted by molar-refractivity contribution is 9.10. The van der Waals surface area contributed by atoms with Crippen LogP contribution in [0.4, 0.5) is 4.39 Å². The van der Waals surface area contributed by atoms with Crippen molar-refractivity contribution in [3.63, 3.8) is 0 Å². The number of nitrogens with two attached hydrogens (primary N) is 1. The lowest BCUT2D eigenvalue weighted by Crippen LogP contribution is -2.29. The second-order valence-corrected chi connectivity index (χ2v) is 6.45. The van der Waals surface area contributed by atoms with Crippen molar-refractivity contribution in [2.45, 2.75) is 12.5 Å². The number of rotatable bonds is 4. The Balaban J connectivity index is 1.92. The van der Waals surface area contributed by atoms with Gasteiger partial charge in [-0.2, -0.15) is 0 Å². The van der Waals surface area contributed by atoms with Gasteiger partial charge in [0.1, 0.15) is 5.82 Å². The third-order valence-electron chi connectivity index (χ3n) is 3.38. The van der Waals surface area contributed by atoms with Crippen LogP contribution in [-0.2, 0) is 6.42 Å². The molecule has 0 radical (unpaired) electrons. The largest absolute Gasteiger partial charge is 0.271 e. The summed E-state index contributed by atoms with van der Waals surface area (Å²) < 4.78 is 15.2. The highest BCUT2D eigenvalue weighted by Crippen LogP contribution is 2.27. The van der Waals surface area contributed by atoms with E-state index in [9.17, 15) is 4.39 Å². The smallest absolute Gasteiger partial charge is 0.137 e.